The summed E-state index contributed by atoms with van der Waals surface area (Å²) in [5, 5.41) is 2.87. The molecule has 1 aliphatic carbocycles. The smallest absolute Gasteiger partial charge is 0.272 e. The minimum Gasteiger partial charge on any atom is -0.364 e. The topological polar surface area (TPSA) is 98.0 Å². The molecule has 0 bridgehead atoms. The molecule has 0 atom stereocenters. The van der Waals surface area contributed by atoms with Gasteiger partial charge in [-0.05, 0) is 43.1 Å². The second-order valence-corrected chi connectivity index (χ2v) is 6.46. The Labute approximate surface area is 146 Å². The van der Waals surface area contributed by atoms with Gasteiger partial charge in [0, 0.05) is 18.9 Å². The van der Waals surface area contributed by atoms with Crippen LogP contribution in [0.25, 0.3) is 0 Å². The Hall–Kier alpha value is -2.76. The molecule has 2 aromatic rings. The van der Waals surface area contributed by atoms with E-state index in [0.717, 1.165) is 25.7 Å². The van der Waals surface area contributed by atoms with Crippen molar-refractivity contribution in [3.8, 4) is 0 Å². The molecule has 6 nitrogen and oxygen atoms in total. The van der Waals surface area contributed by atoms with Crippen LogP contribution in [0.2, 0.25) is 0 Å². The van der Waals surface area contributed by atoms with Gasteiger partial charge in [-0.3, -0.25) is 9.59 Å². The van der Waals surface area contributed by atoms with Gasteiger partial charge in [-0.2, -0.15) is 0 Å². The molecule has 1 aromatic heterocycles. The van der Waals surface area contributed by atoms with Crippen molar-refractivity contribution in [1.82, 2.24) is 15.3 Å². The second-order valence-electron chi connectivity index (χ2n) is 6.46. The molecule has 0 aliphatic heterocycles. The molecule has 1 fully saturated rings. The lowest BCUT2D eigenvalue weighted by Gasteiger charge is -2.28. The molecule has 3 rings (SSSR count). The fraction of sp³-hybridized carbons (Fsp3) is 0.368. The molecule has 1 aliphatic rings. The minimum absolute atomic E-state index is 0.00651. The molecule has 2 amide bonds. The number of nitrogens with zero attached hydrogens (tertiary/aromatic N) is 2. The first-order chi connectivity index (χ1) is 12.1. The van der Waals surface area contributed by atoms with E-state index in [1.54, 1.807) is 0 Å². The normalized spacial score (nSPS) is 20.0. The maximum absolute atomic E-state index is 12.3. The standard InChI is InChI=1S/C19H22N4O2/c20-18(24)16-17(22-11-10-21-16)19(25)23-12-13-6-8-15(9-7-13)14-4-2-1-3-5-14/h1-5,10-11,13,15H,6-9,12H2,(H2,20,24)(H,23,25). The summed E-state index contributed by atoms with van der Waals surface area (Å²) in [4.78, 5) is 31.4. The molecular weight excluding hydrogens is 316 g/mol. The lowest BCUT2D eigenvalue weighted by atomic mass is 9.79. The van der Waals surface area contributed by atoms with Crippen molar-refractivity contribution >= 4 is 11.8 Å². The average molecular weight is 338 g/mol. The number of aromatic nitrogens is 2. The van der Waals surface area contributed by atoms with E-state index in [1.165, 1.54) is 18.0 Å². The average Bonchev–Trinajstić information content (AvgIpc) is 2.67. The van der Waals surface area contributed by atoms with Crippen LogP contribution in [-0.2, 0) is 0 Å². The molecule has 25 heavy (non-hydrogen) atoms. The van der Waals surface area contributed by atoms with Crippen LogP contribution < -0.4 is 11.1 Å². The summed E-state index contributed by atoms with van der Waals surface area (Å²) >= 11 is 0. The molecule has 1 saturated carbocycles. The molecule has 0 saturated heterocycles. The van der Waals surface area contributed by atoms with E-state index in [1.807, 2.05) is 6.07 Å². The Morgan fingerprint density at radius 2 is 1.64 bits per heavy atom. The largest absolute Gasteiger partial charge is 0.364 e. The number of hydrogen-bond acceptors (Lipinski definition) is 4. The van der Waals surface area contributed by atoms with Gasteiger partial charge in [0.1, 0.15) is 0 Å². The monoisotopic (exact) mass is 338 g/mol. The highest BCUT2D eigenvalue weighted by Crippen LogP contribution is 2.35. The van der Waals surface area contributed by atoms with Crippen LogP contribution in [0.1, 0.15) is 58.1 Å². The zero-order chi connectivity index (χ0) is 17.6. The summed E-state index contributed by atoms with van der Waals surface area (Å²) in [5.41, 5.74) is 6.54. The minimum atomic E-state index is -0.749. The Morgan fingerprint density at radius 1 is 1.00 bits per heavy atom. The highest BCUT2D eigenvalue weighted by atomic mass is 16.2. The van der Waals surface area contributed by atoms with Gasteiger partial charge in [0.05, 0.1) is 0 Å². The van der Waals surface area contributed by atoms with Gasteiger partial charge in [0.15, 0.2) is 11.4 Å². The molecule has 0 radical (unpaired) electrons. The highest BCUT2D eigenvalue weighted by molar-refractivity contribution is 6.03. The van der Waals surface area contributed by atoms with Gasteiger partial charge < -0.3 is 11.1 Å². The van der Waals surface area contributed by atoms with Gasteiger partial charge in [0.2, 0.25) is 0 Å². The number of benzene rings is 1. The third-order valence-electron chi connectivity index (χ3n) is 4.82. The van der Waals surface area contributed by atoms with E-state index in [-0.39, 0.29) is 11.4 Å². The van der Waals surface area contributed by atoms with Gasteiger partial charge in [-0.15, -0.1) is 0 Å². The second kappa shape index (κ2) is 7.88. The molecule has 6 heteroatoms. The zero-order valence-electron chi connectivity index (χ0n) is 14.0. The van der Waals surface area contributed by atoms with Crippen LogP contribution in [0.5, 0.6) is 0 Å². The number of nitrogens with two attached hydrogens (primary N) is 1. The Balaban J connectivity index is 1.52. The molecule has 3 N–H and O–H groups in total. The molecule has 1 aromatic carbocycles. The van der Waals surface area contributed by atoms with E-state index in [2.05, 4.69) is 39.6 Å². The highest BCUT2D eigenvalue weighted by Gasteiger charge is 2.24. The maximum atomic E-state index is 12.3. The van der Waals surface area contributed by atoms with Crippen molar-refractivity contribution in [3.05, 3.63) is 59.7 Å². The van der Waals surface area contributed by atoms with E-state index in [4.69, 9.17) is 5.73 Å². The summed E-state index contributed by atoms with van der Waals surface area (Å²) in [6, 6.07) is 10.6. The van der Waals surface area contributed by atoms with Crippen LogP contribution >= 0.6 is 0 Å². The zero-order valence-corrected chi connectivity index (χ0v) is 14.0. The van der Waals surface area contributed by atoms with Gasteiger partial charge in [0.25, 0.3) is 11.8 Å². The molecule has 0 unspecified atom stereocenters. The van der Waals surface area contributed by atoms with Crippen LogP contribution in [0, 0.1) is 5.92 Å². The first-order valence-corrected chi connectivity index (χ1v) is 8.59. The SMILES string of the molecule is NC(=O)c1nccnc1C(=O)NCC1CCC(c2ccccc2)CC1. The van der Waals surface area contributed by atoms with Crippen molar-refractivity contribution in [3.63, 3.8) is 0 Å². The van der Waals surface area contributed by atoms with Crippen LogP contribution in [0.15, 0.2) is 42.7 Å². The Bertz CT molecular complexity index is 740. The quantitative estimate of drug-likeness (QED) is 0.874. The maximum Gasteiger partial charge on any atom is 0.272 e. The molecule has 1 heterocycles. The van der Waals surface area contributed by atoms with Crippen LogP contribution in [0.4, 0.5) is 0 Å². The number of amides is 2. The van der Waals surface area contributed by atoms with Crippen molar-refractivity contribution in [2.24, 2.45) is 11.7 Å². The summed E-state index contributed by atoms with van der Waals surface area (Å²) in [6.07, 6.45) is 7.13. The van der Waals surface area contributed by atoms with Gasteiger partial charge in [-0.1, -0.05) is 30.3 Å². The van der Waals surface area contributed by atoms with E-state index in [0.29, 0.717) is 18.4 Å². The summed E-state index contributed by atoms with van der Waals surface area (Å²) in [5.74, 6) is -0.0964. The summed E-state index contributed by atoms with van der Waals surface area (Å²) in [7, 11) is 0. The van der Waals surface area contributed by atoms with Crippen molar-refractivity contribution in [1.29, 1.82) is 0 Å². The van der Waals surface area contributed by atoms with E-state index < -0.39 is 11.8 Å². The van der Waals surface area contributed by atoms with Crippen LogP contribution in [0.3, 0.4) is 0 Å². The number of rotatable bonds is 5. The van der Waals surface area contributed by atoms with Gasteiger partial charge >= 0.3 is 0 Å². The van der Waals surface area contributed by atoms with E-state index >= 15 is 0 Å². The number of carbonyl (C=O) groups is 2. The number of carbonyl (C=O) groups excluding carboxylic acids is 2. The summed E-state index contributed by atoms with van der Waals surface area (Å²) in [6.45, 7) is 0.578. The third-order valence-corrected chi connectivity index (χ3v) is 4.82. The first kappa shape index (κ1) is 17.1. The number of primary amides is 1. The van der Waals surface area contributed by atoms with Gasteiger partial charge in [-0.25, -0.2) is 9.97 Å². The fourth-order valence-electron chi connectivity index (χ4n) is 3.43. The molecule has 130 valence electrons. The third kappa shape index (κ3) is 4.21. The van der Waals surface area contributed by atoms with Crippen molar-refractivity contribution in [2.75, 3.05) is 6.54 Å². The lowest BCUT2D eigenvalue weighted by Crippen LogP contribution is -2.33. The first-order valence-electron chi connectivity index (χ1n) is 8.59. The Kier molecular flexibility index (Phi) is 5.38. The number of hydrogen-bond donors (Lipinski definition) is 2. The number of nitrogens with one attached hydrogen (secondary N) is 1. The molecular formula is C19H22N4O2. The van der Waals surface area contributed by atoms with E-state index in [9.17, 15) is 9.59 Å². The predicted molar refractivity (Wildman–Crippen MR) is 94.0 cm³/mol. The van der Waals surface area contributed by atoms with Crippen molar-refractivity contribution in [2.45, 2.75) is 31.6 Å². The summed E-state index contributed by atoms with van der Waals surface area (Å²) < 4.78 is 0. The van der Waals surface area contributed by atoms with Crippen LogP contribution in [-0.4, -0.2) is 28.3 Å². The molecule has 0 spiro atoms. The fourth-order valence-corrected chi connectivity index (χ4v) is 3.43. The van der Waals surface area contributed by atoms with Crippen molar-refractivity contribution < 1.29 is 9.59 Å². The lowest BCUT2D eigenvalue weighted by molar-refractivity contribution is 0.0920. The Morgan fingerprint density at radius 3 is 2.28 bits per heavy atom. The predicted octanol–water partition coefficient (Wildman–Crippen LogP) is 2.28.